The molecule has 1 aromatic rings. The molecule has 1 aromatic carbocycles. The van der Waals surface area contributed by atoms with Crippen LogP contribution in [0.2, 0.25) is 0 Å². The van der Waals surface area contributed by atoms with E-state index in [0.29, 0.717) is 6.21 Å². The second kappa shape index (κ2) is 5.58. The monoisotopic (exact) mass is 204 g/mol. The van der Waals surface area contributed by atoms with Gasteiger partial charge in [-0.05, 0) is 6.07 Å². The predicted molar refractivity (Wildman–Crippen MR) is 45.3 cm³/mol. The van der Waals surface area contributed by atoms with Gasteiger partial charge >= 0.3 is 29.6 Å². The normalized spacial score (nSPS) is 8.57. The molecule has 7 heteroatoms. The van der Waals surface area contributed by atoms with E-state index in [2.05, 4.69) is 0 Å². The van der Waals surface area contributed by atoms with Crippen molar-refractivity contribution in [1.82, 2.24) is 0 Å². The molecular weight excluding hydrogens is 199 g/mol. The van der Waals surface area contributed by atoms with Gasteiger partial charge in [-0.1, -0.05) is 6.07 Å². The van der Waals surface area contributed by atoms with Gasteiger partial charge in [-0.15, -0.1) is 0 Å². The first-order valence-electron chi connectivity index (χ1n) is 3.32. The molecule has 0 spiro atoms. The van der Waals surface area contributed by atoms with E-state index in [1.165, 1.54) is 18.2 Å². The largest absolute Gasteiger partial charge is 1.00 e. The third-order valence-corrected chi connectivity index (χ3v) is 1.34. The summed E-state index contributed by atoms with van der Waals surface area (Å²) in [6.45, 7) is 0. The molecule has 0 fully saturated rings. The Labute approximate surface area is 101 Å². The molecule has 14 heavy (non-hydrogen) atoms. The number of hydrogen-bond donors (Lipinski definition) is 0. The van der Waals surface area contributed by atoms with Gasteiger partial charge in [-0.3, -0.25) is 10.1 Å². The van der Waals surface area contributed by atoms with Crippen molar-refractivity contribution in [2.24, 2.45) is 0 Å². The zero-order chi connectivity index (χ0) is 9.84. The smallest absolute Gasteiger partial charge is 0.612 e. The maximum atomic E-state index is 10.3. The molecule has 0 amide bonds. The Bertz CT molecular complexity index is 362. The Kier molecular flexibility index (Phi) is 5.14. The van der Waals surface area contributed by atoms with E-state index < -0.39 is 9.83 Å². The molecule has 0 heterocycles. The van der Waals surface area contributed by atoms with Gasteiger partial charge in [0.1, 0.15) is 0 Å². The Hall–Kier alpha value is -1.11. The van der Waals surface area contributed by atoms with Crippen LogP contribution in [0.1, 0.15) is 5.56 Å². The fourth-order valence-electron chi connectivity index (χ4n) is 0.840. The first-order chi connectivity index (χ1) is 6.09. The van der Waals surface area contributed by atoms with Crippen LogP contribution < -0.4 is 29.6 Å². The molecule has 0 aliphatic heterocycles. The number of non-ortho nitro benzene ring substituents is 1. The van der Waals surface area contributed by atoms with Crippen LogP contribution >= 0.6 is 0 Å². The summed E-state index contributed by atoms with van der Waals surface area (Å²) in [6, 6.07) is 5.24. The average Bonchev–Trinajstić information content (AvgIpc) is 2.03. The van der Waals surface area contributed by atoms with Gasteiger partial charge in [-0.25, -0.2) is 0 Å². The van der Waals surface area contributed by atoms with Crippen molar-refractivity contribution >= 4 is 11.9 Å². The Balaban J connectivity index is 0.00000169. The fraction of sp³-hybridized carbons (Fsp3) is 0. The predicted octanol–water partition coefficient (Wildman–Crippen LogP) is -1.97. The summed E-state index contributed by atoms with van der Waals surface area (Å²) in [7, 11) is 0. The summed E-state index contributed by atoms with van der Waals surface area (Å²) < 4.78 is 0. The van der Waals surface area contributed by atoms with Crippen LogP contribution in [0.5, 0.6) is 0 Å². The number of hydrogen-bond acceptors (Lipinski definition) is 4. The molecule has 0 N–H and O–H groups in total. The second-order valence-electron chi connectivity index (χ2n) is 2.27. The van der Waals surface area contributed by atoms with Crippen LogP contribution in [0.4, 0.5) is 5.69 Å². The molecule has 0 saturated heterocycles. The third-order valence-electron chi connectivity index (χ3n) is 1.34. The van der Waals surface area contributed by atoms with Crippen LogP contribution in [0.25, 0.3) is 0 Å². The molecule has 1 rings (SSSR count). The summed E-state index contributed by atoms with van der Waals surface area (Å²) in [5.41, 5.74) is 0.0507. The van der Waals surface area contributed by atoms with Gasteiger partial charge in [0, 0.05) is 17.7 Å². The summed E-state index contributed by atoms with van der Waals surface area (Å²) >= 11 is 0. The third kappa shape index (κ3) is 3.73. The number of nitro groups is 1. The van der Waals surface area contributed by atoms with E-state index in [4.69, 9.17) is 0 Å². The molecule has 0 bridgehead atoms. The summed E-state index contributed by atoms with van der Waals surface area (Å²) in [5, 5.41) is 30.3. The number of nitro benzene ring substituents is 1. The minimum absolute atomic E-state index is 0. The van der Waals surface area contributed by atoms with E-state index in [-0.39, 0.29) is 40.8 Å². The summed E-state index contributed by atoms with van der Waals surface area (Å²) in [6.07, 6.45) is 0.715. The summed E-state index contributed by atoms with van der Waals surface area (Å²) in [4.78, 5) is 9.01. The number of benzene rings is 1. The van der Waals surface area contributed by atoms with Crippen molar-refractivity contribution in [2.45, 2.75) is 0 Å². The van der Waals surface area contributed by atoms with Crippen molar-refractivity contribution in [1.29, 1.82) is 0 Å². The summed E-state index contributed by atoms with van der Waals surface area (Å²) in [5.74, 6) is 0. The van der Waals surface area contributed by atoms with Gasteiger partial charge < -0.3 is 10.4 Å². The molecule has 0 aliphatic carbocycles. The Morgan fingerprint density at radius 2 is 1.86 bits per heavy atom. The van der Waals surface area contributed by atoms with Crippen molar-refractivity contribution in [3.05, 3.63) is 50.4 Å². The van der Waals surface area contributed by atoms with Crippen molar-refractivity contribution in [2.75, 3.05) is 0 Å². The van der Waals surface area contributed by atoms with Crippen LogP contribution in [0.15, 0.2) is 24.3 Å². The minimum Gasteiger partial charge on any atom is -0.612 e. The van der Waals surface area contributed by atoms with Gasteiger partial charge in [0.2, 0.25) is 0 Å². The van der Waals surface area contributed by atoms with Gasteiger partial charge in [-0.2, -0.15) is 4.90 Å². The zero-order valence-electron chi connectivity index (χ0n) is 7.41. The topological polar surface area (TPSA) is 92.3 Å². The SMILES string of the molecule is O=[N+]([O-])c1cccc(C=[N+]([O-])[O-])c1.[Na+]. The van der Waals surface area contributed by atoms with Crippen LogP contribution in [0.3, 0.4) is 0 Å². The molecule has 0 radical (unpaired) electrons. The average molecular weight is 204 g/mol. The van der Waals surface area contributed by atoms with Gasteiger partial charge in [0.25, 0.3) is 5.69 Å². The van der Waals surface area contributed by atoms with Crippen LogP contribution in [0, 0.1) is 20.5 Å². The standard InChI is InChI=1S/C7H5N2O4.Na/c10-8(11)5-6-2-1-3-7(4-6)9(12)13;/h1-5H;/q-1;+1. The van der Waals surface area contributed by atoms with E-state index in [0.717, 1.165) is 6.07 Å². The first kappa shape index (κ1) is 12.9. The quantitative estimate of drug-likeness (QED) is 0.183. The maximum Gasteiger partial charge on any atom is 1.00 e. The zero-order valence-corrected chi connectivity index (χ0v) is 9.41. The molecule has 0 atom stereocenters. The van der Waals surface area contributed by atoms with Crippen molar-refractivity contribution in [3.8, 4) is 0 Å². The molecule has 0 saturated carbocycles. The molecule has 6 nitrogen and oxygen atoms in total. The minimum atomic E-state index is -0.654. The number of rotatable bonds is 2. The van der Waals surface area contributed by atoms with Crippen LogP contribution in [-0.4, -0.2) is 16.0 Å². The Morgan fingerprint density at radius 3 is 2.36 bits per heavy atom. The maximum absolute atomic E-state index is 10.3. The fourth-order valence-corrected chi connectivity index (χ4v) is 0.840. The molecular formula is C7H5N2NaO4. The van der Waals surface area contributed by atoms with Gasteiger partial charge in [0.05, 0.1) is 4.92 Å². The molecule has 0 unspecified atom stereocenters. The first-order valence-corrected chi connectivity index (χ1v) is 3.32. The van der Waals surface area contributed by atoms with Gasteiger partial charge in [0.15, 0.2) is 6.21 Å². The Morgan fingerprint density at radius 1 is 1.21 bits per heavy atom. The molecule has 0 aliphatic rings. The molecule has 0 aromatic heterocycles. The van der Waals surface area contributed by atoms with E-state index in [1.807, 2.05) is 0 Å². The van der Waals surface area contributed by atoms with E-state index >= 15 is 0 Å². The second-order valence-corrected chi connectivity index (χ2v) is 2.27. The van der Waals surface area contributed by atoms with E-state index in [1.54, 1.807) is 0 Å². The molecule has 68 valence electrons. The van der Waals surface area contributed by atoms with E-state index in [9.17, 15) is 20.5 Å². The van der Waals surface area contributed by atoms with Crippen molar-refractivity contribution < 1.29 is 39.4 Å². The van der Waals surface area contributed by atoms with Crippen molar-refractivity contribution in [3.63, 3.8) is 0 Å². The number of nitrogens with zero attached hydrogens (tertiary/aromatic N) is 2. The van der Waals surface area contributed by atoms with Crippen LogP contribution in [-0.2, 0) is 0 Å².